The number of fused-ring (bicyclic) bond motifs is 1. The molecular weight excluding hydrogens is 703 g/mol. The Balaban J connectivity index is 0.973. The van der Waals surface area contributed by atoms with Gasteiger partial charge < -0.3 is 9.32 Å². The SMILES string of the molecule is c1ccc(-c2ccc(-c3ccccc3N(c3ccc(-c4ccccc4)cc3)c3ccc(-c4ccc(-c5cccc(-c6cc7ccccc7o6)c5)cc4)cc3)cc2)cc1. The van der Waals surface area contributed by atoms with Crippen LogP contribution in [0.3, 0.4) is 0 Å². The molecule has 0 unspecified atom stereocenters. The Morgan fingerprint density at radius 1 is 0.276 bits per heavy atom. The van der Waals surface area contributed by atoms with E-state index in [0.717, 1.165) is 56.0 Å². The zero-order valence-electron chi connectivity index (χ0n) is 31.9. The Morgan fingerprint density at radius 3 is 1.26 bits per heavy atom. The fraction of sp³-hybridized carbons (Fsp3) is 0. The monoisotopic (exact) mass is 741 g/mol. The number of para-hydroxylation sites is 2. The van der Waals surface area contributed by atoms with Gasteiger partial charge in [-0.2, -0.15) is 0 Å². The zero-order valence-corrected chi connectivity index (χ0v) is 31.9. The van der Waals surface area contributed by atoms with Gasteiger partial charge in [0.2, 0.25) is 0 Å². The molecule has 0 spiro atoms. The summed E-state index contributed by atoms with van der Waals surface area (Å²) < 4.78 is 6.17. The van der Waals surface area contributed by atoms with E-state index in [1.165, 1.54) is 38.9 Å². The largest absolute Gasteiger partial charge is 0.456 e. The second-order valence-electron chi connectivity index (χ2n) is 14.6. The molecule has 0 aliphatic heterocycles. The number of nitrogens with zero attached hydrogens (tertiary/aromatic N) is 1. The molecule has 10 rings (SSSR count). The second-order valence-corrected chi connectivity index (χ2v) is 14.6. The number of furan rings is 1. The zero-order chi connectivity index (χ0) is 38.7. The minimum atomic E-state index is 0.879. The Kier molecular flexibility index (Phi) is 9.27. The van der Waals surface area contributed by atoms with Crippen LogP contribution in [0.2, 0.25) is 0 Å². The van der Waals surface area contributed by atoms with Gasteiger partial charge in [-0.25, -0.2) is 0 Å². The first-order chi connectivity index (χ1) is 28.7. The van der Waals surface area contributed by atoms with E-state index in [4.69, 9.17) is 4.42 Å². The number of anilines is 3. The molecule has 0 N–H and O–H groups in total. The standard InChI is InChI=1S/C56H39NO/c1-3-12-40(13-4-1)42-26-28-47(29-27-42)53-19-8-9-20-54(53)57(51-34-30-44(31-35-51)41-14-5-2-6-15-41)52-36-32-45(33-37-52)43-22-24-46(25-23-43)48-17-11-18-49(38-48)56-39-50-16-7-10-21-55(50)58-56/h1-39H. The van der Waals surface area contributed by atoms with Crippen LogP contribution in [0.15, 0.2) is 241 Å². The third-order valence-electron chi connectivity index (χ3n) is 10.9. The van der Waals surface area contributed by atoms with E-state index in [1.54, 1.807) is 0 Å². The molecule has 0 bridgehead atoms. The molecule has 2 nitrogen and oxygen atoms in total. The van der Waals surface area contributed by atoms with Gasteiger partial charge in [0.1, 0.15) is 11.3 Å². The Morgan fingerprint density at radius 2 is 0.690 bits per heavy atom. The van der Waals surface area contributed by atoms with Gasteiger partial charge >= 0.3 is 0 Å². The summed E-state index contributed by atoms with van der Waals surface area (Å²) in [6.45, 7) is 0. The highest BCUT2D eigenvalue weighted by atomic mass is 16.3. The van der Waals surface area contributed by atoms with Crippen LogP contribution in [0, 0.1) is 0 Å². The summed E-state index contributed by atoms with van der Waals surface area (Å²) in [5.74, 6) is 0.879. The normalized spacial score (nSPS) is 11.1. The van der Waals surface area contributed by atoms with Crippen molar-refractivity contribution in [3.8, 4) is 67.0 Å². The smallest absolute Gasteiger partial charge is 0.135 e. The van der Waals surface area contributed by atoms with Gasteiger partial charge in [0.05, 0.1) is 5.69 Å². The molecule has 0 saturated carbocycles. The van der Waals surface area contributed by atoms with Gasteiger partial charge in [0.25, 0.3) is 0 Å². The van der Waals surface area contributed by atoms with Crippen molar-refractivity contribution in [1.82, 2.24) is 0 Å². The fourth-order valence-corrected chi connectivity index (χ4v) is 7.88. The predicted octanol–water partition coefficient (Wildman–Crippen LogP) is 15.9. The van der Waals surface area contributed by atoms with E-state index < -0.39 is 0 Å². The van der Waals surface area contributed by atoms with Crippen molar-refractivity contribution in [2.45, 2.75) is 0 Å². The Hall–Kier alpha value is -7.68. The molecule has 1 heterocycles. The van der Waals surface area contributed by atoms with Crippen LogP contribution in [0.25, 0.3) is 77.9 Å². The third kappa shape index (κ3) is 7.00. The van der Waals surface area contributed by atoms with Gasteiger partial charge in [-0.1, -0.05) is 188 Å². The maximum atomic E-state index is 6.17. The molecular formula is C56H39NO. The first kappa shape index (κ1) is 34.8. The highest BCUT2D eigenvalue weighted by Gasteiger charge is 2.18. The topological polar surface area (TPSA) is 16.4 Å². The molecule has 10 aromatic rings. The minimum Gasteiger partial charge on any atom is -0.456 e. The number of hydrogen-bond donors (Lipinski definition) is 0. The number of hydrogen-bond acceptors (Lipinski definition) is 2. The highest BCUT2D eigenvalue weighted by Crippen LogP contribution is 2.42. The fourth-order valence-electron chi connectivity index (χ4n) is 7.88. The Labute approximate surface area is 339 Å². The second kappa shape index (κ2) is 15.5. The van der Waals surface area contributed by atoms with Crippen LogP contribution in [0.4, 0.5) is 17.1 Å². The van der Waals surface area contributed by atoms with E-state index in [1.807, 2.05) is 18.2 Å². The number of benzene rings is 9. The van der Waals surface area contributed by atoms with Gasteiger partial charge in [0, 0.05) is 27.9 Å². The van der Waals surface area contributed by atoms with Crippen LogP contribution in [0.1, 0.15) is 0 Å². The lowest BCUT2D eigenvalue weighted by Gasteiger charge is -2.28. The quantitative estimate of drug-likeness (QED) is 0.146. The molecule has 0 amide bonds. The van der Waals surface area contributed by atoms with Crippen LogP contribution < -0.4 is 4.90 Å². The van der Waals surface area contributed by atoms with Gasteiger partial charge in [-0.05, 0) is 98.6 Å². The lowest BCUT2D eigenvalue weighted by atomic mass is 9.97. The average molecular weight is 742 g/mol. The first-order valence-electron chi connectivity index (χ1n) is 19.7. The summed E-state index contributed by atoms with van der Waals surface area (Å²) in [5, 5.41) is 1.11. The van der Waals surface area contributed by atoms with Crippen LogP contribution >= 0.6 is 0 Å². The van der Waals surface area contributed by atoms with Crippen molar-refractivity contribution in [2.24, 2.45) is 0 Å². The van der Waals surface area contributed by atoms with Gasteiger partial charge in [0.15, 0.2) is 0 Å². The molecule has 0 saturated heterocycles. The van der Waals surface area contributed by atoms with Crippen molar-refractivity contribution >= 4 is 28.0 Å². The van der Waals surface area contributed by atoms with Crippen molar-refractivity contribution in [3.63, 3.8) is 0 Å². The van der Waals surface area contributed by atoms with E-state index in [9.17, 15) is 0 Å². The molecule has 0 aliphatic rings. The summed E-state index contributed by atoms with van der Waals surface area (Å²) >= 11 is 0. The van der Waals surface area contributed by atoms with Crippen molar-refractivity contribution in [3.05, 3.63) is 237 Å². The molecule has 1 aromatic heterocycles. The van der Waals surface area contributed by atoms with E-state index in [2.05, 4.69) is 223 Å². The first-order valence-corrected chi connectivity index (χ1v) is 19.7. The summed E-state index contributed by atoms with van der Waals surface area (Å²) in [4.78, 5) is 2.37. The molecule has 9 aromatic carbocycles. The van der Waals surface area contributed by atoms with Crippen molar-refractivity contribution in [2.75, 3.05) is 4.90 Å². The summed E-state index contributed by atoms with van der Waals surface area (Å²) in [6.07, 6.45) is 0. The van der Waals surface area contributed by atoms with E-state index in [-0.39, 0.29) is 0 Å². The highest BCUT2D eigenvalue weighted by molar-refractivity contribution is 5.90. The molecule has 274 valence electrons. The molecule has 58 heavy (non-hydrogen) atoms. The average Bonchev–Trinajstić information content (AvgIpc) is 3.76. The van der Waals surface area contributed by atoms with Crippen molar-refractivity contribution < 1.29 is 4.42 Å². The van der Waals surface area contributed by atoms with Crippen molar-refractivity contribution in [1.29, 1.82) is 0 Å². The lowest BCUT2D eigenvalue weighted by molar-refractivity contribution is 0.631. The third-order valence-corrected chi connectivity index (χ3v) is 10.9. The molecule has 0 aliphatic carbocycles. The summed E-state index contributed by atoms with van der Waals surface area (Å²) in [6, 6.07) is 84.2. The summed E-state index contributed by atoms with van der Waals surface area (Å²) in [5.41, 5.74) is 17.1. The molecule has 0 atom stereocenters. The van der Waals surface area contributed by atoms with Gasteiger partial charge in [-0.3, -0.25) is 0 Å². The van der Waals surface area contributed by atoms with Crippen LogP contribution in [-0.2, 0) is 0 Å². The molecule has 0 fully saturated rings. The maximum absolute atomic E-state index is 6.17. The van der Waals surface area contributed by atoms with Crippen LogP contribution in [-0.4, -0.2) is 0 Å². The minimum absolute atomic E-state index is 0.879. The predicted molar refractivity (Wildman–Crippen MR) is 244 cm³/mol. The lowest BCUT2D eigenvalue weighted by Crippen LogP contribution is -2.11. The van der Waals surface area contributed by atoms with E-state index in [0.29, 0.717) is 0 Å². The number of rotatable bonds is 9. The Bertz CT molecular complexity index is 2910. The van der Waals surface area contributed by atoms with Crippen LogP contribution in [0.5, 0.6) is 0 Å². The van der Waals surface area contributed by atoms with Gasteiger partial charge in [-0.15, -0.1) is 0 Å². The van der Waals surface area contributed by atoms with E-state index >= 15 is 0 Å². The summed E-state index contributed by atoms with van der Waals surface area (Å²) in [7, 11) is 0. The maximum Gasteiger partial charge on any atom is 0.135 e. The molecule has 2 heteroatoms. The molecule has 0 radical (unpaired) electrons.